The first-order chi connectivity index (χ1) is 12.8. The van der Waals surface area contributed by atoms with Crippen LogP contribution in [0, 0.1) is 0 Å². The van der Waals surface area contributed by atoms with Gasteiger partial charge in [0, 0.05) is 11.4 Å². The molecule has 0 saturated heterocycles. The molecule has 0 bridgehead atoms. The van der Waals surface area contributed by atoms with Gasteiger partial charge in [-0.05, 0) is 73.6 Å². The Hall–Kier alpha value is -2.54. The molecular weight excluding hydrogens is 362 g/mol. The van der Waals surface area contributed by atoms with Crippen LogP contribution in [-0.2, 0) is 22.9 Å². The quantitative estimate of drug-likeness (QED) is 0.729. The number of aryl methyl sites for hydroxylation is 2. The van der Waals surface area contributed by atoms with Crippen LogP contribution in [-0.4, -0.2) is 20.7 Å². The Kier molecular flexibility index (Phi) is 5.70. The van der Waals surface area contributed by atoms with E-state index in [9.17, 15) is 13.2 Å². The molecular formula is C20H25N3O3S. The summed E-state index contributed by atoms with van der Waals surface area (Å²) in [5.74, 6) is 0. The smallest absolute Gasteiger partial charge is 0.319 e. The van der Waals surface area contributed by atoms with E-state index in [-0.39, 0.29) is 12.1 Å². The van der Waals surface area contributed by atoms with Gasteiger partial charge in [-0.2, -0.15) is 0 Å². The summed E-state index contributed by atoms with van der Waals surface area (Å²) in [6.07, 6.45) is 5.82. The van der Waals surface area contributed by atoms with Crippen molar-refractivity contribution in [1.29, 1.82) is 0 Å². The second kappa shape index (κ2) is 8.00. The Balaban J connectivity index is 1.58. The Morgan fingerprint density at radius 3 is 2.26 bits per heavy atom. The highest BCUT2D eigenvalue weighted by molar-refractivity contribution is 7.92. The molecule has 6 nitrogen and oxygen atoms in total. The zero-order valence-corrected chi connectivity index (χ0v) is 16.4. The van der Waals surface area contributed by atoms with Crippen LogP contribution in [0.15, 0.2) is 42.5 Å². The summed E-state index contributed by atoms with van der Waals surface area (Å²) in [7, 11) is -3.32. The van der Waals surface area contributed by atoms with E-state index in [0.29, 0.717) is 11.4 Å². The number of carbonyl (C=O) groups is 1. The van der Waals surface area contributed by atoms with E-state index < -0.39 is 10.0 Å². The topological polar surface area (TPSA) is 87.3 Å². The first-order valence-corrected chi connectivity index (χ1v) is 11.0. The maximum Gasteiger partial charge on any atom is 0.319 e. The number of benzene rings is 2. The van der Waals surface area contributed by atoms with Crippen LogP contribution in [0.4, 0.5) is 16.2 Å². The lowest BCUT2D eigenvalue weighted by atomic mass is 9.89. The maximum atomic E-state index is 12.3. The predicted octanol–water partition coefficient (Wildman–Crippen LogP) is 3.82. The minimum Gasteiger partial charge on any atom is -0.331 e. The van der Waals surface area contributed by atoms with Crippen LogP contribution in [0.1, 0.15) is 42.5 Å². The summed E-state index contributed by atoms with van der Waals surface area (Å²) in [5.41, 5.74) is 4.94. The molecule has 2 aromatic rings. The van der Waals surface area contributed by atoms with Crippen LogP contribution < -0.4 is 15.4 Å². The Labute approximate surface area is 160 Å². The largest absolute Gasteiger partial charge is 0.331 e. The molecule has 2 amide bonds. The van der Waals surface area contributed by atoms with Crippen LogP contribution in [0.5, 0.6) is 0 Å². The lowest BCUT2D eigenvalue weighted by Crippen LogP contribution is -2.31. The van der Waals surface area contributed by atoms with Crippen molar-refractivity contribution >= 4 is 27.4 Å². The van der Waals surface area contributed by atoms with Gasteiger partial charge in [-0.15, -0.1) is 0 Å². The molecule has 3 rings (SSSR count). The highest BCUT2D eigenvalue weighted by atomic mass is 32.2. The van der Waals surface area contributed by atoms with Crippen molar-refractivity contribution in [2.24, 2.45) is 0 Å². The van der Waals surface area contributed by atoms with Gasteiger partial charge in [0.1, 0.15) is 0 Å². The van der Waals surface area contributed by atoms with E-state index in [2.05, 4.69) is 33.6 Å². The van der Waals surface area contributed by atoms with E-state index in [1.54, 1.807) is 24.3 Å². The van der Waals surface area contributed by atoms with Crippen LogP contribution in [0.2, 0.25) is 0 Å². The van der Waals surface area contributed by atoms with Crippen LogP contribution in [0.3, 0.4) is 0 Å². The lowest BCUT2D eigenvalue weighted by Gasteiger charge is -2.20. The minimum atomic E-state index is -3.32. The van der Waals surface area contributed by atoms with Crippen LogP contribution >= 0.6 is 0 Å². The number of sulfonamides is 1. The summed E-state index contributed by atoms with van der Waals surface area (Å²) in [6.45, 7) is 1.96. The van der Waals surface area contributed by atoms with Crippen molar-refractivity contribution in [3.63, 3.8) is 0 Å². The first-order valence-electron chi connectivity index (χ1n) is 9.07. The second-order valence-corrected chi connectivity index (χ2v) is 8.76. The summed E-state index contributed by atoms with van der Waals surface area (Å²) in [5, 5.41) is 5.71. The van der Waals surface area contributed by atoms with Gasteiger partial charge in [0.25, 0.3) is 0 Å². The predicted molar refractivity (Wildman–Crippen MR) is 109 cm³/mol. The van der Waals surface area contributed by atoms with E-state index in [0.717, 1.165) is 24.7 Å². The molecule has 144 valence electrons. The minimum absolute atomic E-state index is 0.108. The molecule has 0 heterocycles. The molecule has 2 aromatic carbocycles. The lowest BCUT2D eigenvalue weighted by molar-refractivity contribution is 0.249. The van der Waals surface area contributed by atoms with E-state index >= 15 is 0 Å². The number of hydrogen-bond donors (Lipinski definition) is 3. The Bertz CT molecular complexity index is 924. The SMILES string of the molecule is CC(NC(=O)Nc1ccc(NS(C)(=O)=O)cc1)c1ccc2c(c1)CCCC2. The molecule has 3 N–H and O–H groups in total. The summed E-state index contributed by atoms with van der Waals surface area (Å²) >= 11 is 0. The third-order valence-corrected chi connectivity index (χ3v) is 5.27. The highest BCUT2D eigenvalue weighted by Crippen LogP contribution is 2.25. The van der Waals surface area contributed by atoms with Gasteiger partial charge >= 0.3 is 6.03 Å². The summed E-state index contributed by atoms with van der Waals surface area (Å²) < 4.78 is 24.8. The summed E-state index contributed by atoms with van der Waals surface area (Å²) in [4.78, 5) is 12.3. The molecule has 1 unspecified atom stereocenters. The fourth-order valence-corrected chi connectivity index (χ4v) is 3.87. The number of carbonyl (C=O) groups excluding carboxylic acids is 1. The van der Waals surface area contributed by atoms with Crippen molar-refractivity contribution in [2.45, 2.75) is 38.6 Å². The molecule has 0 spiro atoms. The number of rotatable bonds is 5. The molecule has 27 heavy (non-hydrogen) atoms. The van der Waals surface area contributed by atoms with Crippen molar-refractivity contribution in [3.8, 4) is 0 Å². The van der Waals surface area contributed by atoms with Crippen LogP contribution in [0.25, 0.3) is 0 Å². The third kappa shape index (κ3) is 5.47. The van der Waals surface area contributed by atoms with Crippen molar-refractivity contribution in [3.05, 3.63) is 59.2 Å². The van der Waals surface area contributed by atoms with E-state index in [4.69, 9.17) is 0 Å². The highest BCUT2D eigenvalue weighted by Gasteiger charge is 2.14. The number of fused-ring (bicyclic) bond motifs is 1. The molecule has 0 saturated carbocycles. The molecule has 1 aliphatic carbocycles. The first kappa shape index (κ1) is 19.2. The van der Waals surface area contributed by atoms with Gasteiger partial charge < -0.3 is 10.6 Å². The average molecular weight is 388 g/mol. The number of nitrogens with one attached hydrogen (secondary N) is 3. The normalized spacial score (nSPS) is 14.7. The van der Waals surface area contributed by atoms with E-state index in [1.165, 1.54) is 24.0 Å². The zero-order chi connectivity index (χ0) is 19.4. The molecule has 0 radical (unpaired) electrons. The van der Waals surface area contributed by atoms with Crippen molar-refractivity contribution < 1.29 is 13.2 Å². The fourth-order valence-electron chi connectivity index (χ4n) is 3.31. The average Bonchev–Trinajstić information content (AvgIpc) is 2.61. The number of urea groups is 1. The molecule has 1 atom stereocenters. The molecule has 0 aliphatic heterocycles. The number of anilines is 2. The maximum absolute atomic E-state index is 12.3. The fraction of sp³-hybridized carbons (Fsp3) is 0.350. The van der Waals surface area contributed by atoms with Gasteiger partial charge in [0.05, 0.1) is 12.3 Å². The van der Waals surface area contributed by atoms with Gasteiger partial charge in [0.15, 0.2) is 0 Å². The molecule has 0 fully saturated rings. The third-order valence-electron chi connectivity index (χ3n) is 4.67. The van der Waals surface area contributed by atoms with Gasteiger partial charge in [-0.3, -0.25) is 4.72 Å². The number of amides is 2. The second-order valence-electron chi connectivity index (χ2n) is 7.01. The molecule has 0 aromatic heterocycles. The van der Waals surface area contributed by atoms with Crippen molar-refractivity contribution in [2.75, 3.05) is 16.3 Å². The Morgan fingerprint density at radius 2 is 1.59 bits per heavy atom. The standard InChI is InChI=1S/C20H25N3O3S/c1-14(16-8-7-15-5-3-4-6-17(15)13-16)21-20(24)22-18-9-11-19(12-10-18)23-27(2,25)26/h7-14,23H,3-6H2,1-2H3,(H2,21,22,24). The van der Waals surface area contributed by atoms with Crippen molar-refractivity contribution in [1.82, 2.24) is 5.32 Å². The summed E-state index contributed by atoms with van der Waals surface area (Å²) in [6, 6.07) is 12.5. The Morgan fingerprint density at radius 1 is 0.963 bits per heavy atom. The van der Waals surface area contributed by atoms with Gasteiger partial charge in [-0.1, -0.05) is 18.2 Å². The van der Waals surface area contributed by atoms with E-state index in [1.807, 2.05) is 6.92 Å². The van der Waals surface area contributed by atoms with Gasteiger partial charge in [-0.25, -0.2) is 13.2 Å². The zero-order valence-electron chi connectivity index (χ0n) is 15.6. The van der Waals surface area contributed by atoms with Gasteiger partial charge in [0.2, 0.25) is 10.0 Å². The molecule has 7 heteroatoms. The molecule has 1 aliphatic rings. The number of hydrogen-bond acceptors (Lipinski definition) is 3. The monoisotopic (exact) mass is 387 g/mol.